The van der Waals surface area contributed by atoms with Crippen LogP contribution in [0.5, 0.6) is 5.75 Å². The Hall–Kier alpha value is -3.22. The number of hydrazone groups is 1. The molecule has 0 bridgehead atoms. The lowest BCUT2D eigenvalue weighted by Crippen LogP contribution is -2.28. The van der Waals surface area contributed by atoms with Crippen LogP contribution in [0.15, 0.2) is 50.3 Å². The van der Waals surface area contributed by atoms with E-state index in [1.165, 1.54) is 25.5 Å². The molecule has 3 heterocycles. The van der Waals surface area contributed by atoms with Gasteiger partial charge in [-0.3, -0.25) is 4.79 Å². The molecule has 7 heteroatoms. The Bertz CT molecular complexity index is 983. The van der Waals surface area contributed by atoms with Crippen LogP contribution in [0.1, 0.15) is 42.5 Å². The van der Waals surface area contributed by atoms with Crippen LogP contribution in [0.2, 0.25) is 0 Å². The maximum absolute atomic E-state index is 12.3. The van der Waals surface area contributed by atoms with Crippen molar-refractivity contribution in [2.75, 3.05) is 24.6 Å². The third kappa shape index (κ3) is 4.03. The summed E-state index contributed by atoms with van der Waals surface area (Å²) in [6.07, 6.45) is 5.13. The molecule has 0 atom stereocenters. The van der Waals surface area contributed by atoms with Crippen molar-refractivity contribution in [1.29, 1.82) is 0 Å². The summed E-state index contributed by atoms with van der Waals surface area (Å²) in [4.78, 5) is 14.5. The molecule has 28 heavy (non-hydrogen) atoms. The average Bonchev–Trinajstić information content (AvgIpc) is 3.35. The van der Waals surface area contributed by atoms with Gasteiger partial charge in [-0.15, -0.1) is 0 Å². The van der Waals surface area contributed by atoms with E-state index in [0.29, 0.717) is 18.0 Å². The molecule has 1 aliphatic rings. The predicted octanol–water partition coefficient (Wildman–Crippen LogP) is 4.18. The number of furan rings is 2. The van der Waals surface area contributed by atoms with Crippen molar-refractivity contribution >= 4 is 29.0 Å². The lowest BCUT2D eigenvalue weighted by molar-refractivity contribution is 0.0929. The van der Waals surface area contributed by atoms with E-state index < -0.39 is 5.91 Å². The van der Waals surface area contributed by atoms with Crippen LogP contribution in [-0.4, -0.2) is 31.8 Å². The fourth-order valence-electron chi connectivity index (χ4n) is 3.30. The highest BCUT2D eigenvalue weighted by atomic mass is 16.5. The number of piperidine rings is 1. The highest BCUT2D eigenvalue weighted by molar-refractivity contribution is 5.96. The molecule has 2 aromatic heterocycles. The molecule has 0 radical (unpaired) electrons. The number of amides is 1. The number of ether oxygens (including phenoxy) is 1. The van der Waals surface area contributed by atoms with Gasteiger partial charge in [-0.2, -0.15) is 5.10 Å². The lowest BCUT2D eigenvalue weighted by Gasteiger charge is -2.25. The lowest BCUT2D eigenvalue weighted by atomic mass is 10.1. The van der Waals surface area contributed by atoms with E-state index in [9.17, 15) is 4.79 Å². The summed E-state index contributed by atoms with van der Waals surface area (Å²) in [6, 6.07) is 10.9. The first-order chi connectivity index (χ1) is 13.7. The zero-order valence-electron chi connectivity index (χ0n) is 15.8. The molecule has 0 unspecified atom stereocenters. The minimum absolute atomic E-state index is 0.189. The van der Waals surface area contributed by atoms with Crippen LogP contribution in [0, 0.1) is 0 Å². The number of nitrogens with zero attached hydrogens (tertiary/aromatic N) is 2. The molecule has 0 aliphatic carbocycles. The predicted molar refractivity (Wildman–Crippen MR) is 107 cm³/mol. The maximum Gasteiger partial charge on any atom is 0.307 e. The Morgan fingerprint density at radius 3 is 2.86 bits per heavy atom. The van der Waals surface area contributed by atoms with Gasteiger partial charge in [0.05, 0.1) is 12.8 Å². The van der Waals surface area contributed by atoms with Crippen LogP contribution in [-0.2, 0) is 0 Å². The van der Waals surface area contributed by atoms with Gasteiger partial charge in [-0.05, 0) is 56.5 Å². The number of carbonyl (C=O) groups is 1. The Balaban J connectivity index is 1.38. The third-order valence-electron chi connectivity index (χ3n) is 4.66. The van der Waals surface area contributed by atoms with Gasteiger partial charge in [0.2, 0.25) is 0 Å². The maximum atomic E-state index is 12.3. The molecule has 3 aromatic rings. The highest BCUT2D eigenvalue weighted by Gasteiger charge is 2.14. The molecular weight excluding hydrogens is 358 g/mol. The van der Waals surface area contributed by atoms with E-state index in [4.69, 9.17) is 13.6 Å². The second-order valence-electron chi connectivity index (χ2n) is 6.67. The second kappa shape index (κ2) is 8.21. The van der Waals surface area contributed by atoms with E-state index in [0.717, 1.165) is 30.1 Å². The average molecular weight is 381 g/mol. The normalized spacial score (nSPS) is 14.7. The van der Waals surface area contributed by atoms with Crippen molar-refractivity contribution in [2.45, 2.75) is 26.2 Å². The summed E-state index contributed by atoms with van der Waals surface area (Å²) in [7, 11) is 0. The number of fused-ring (bicyclic) bond motifs is 1. The van der Waals surface area contributed by atoms with Crippen molar-refractivity contribution in [1.82, 2.24) is 5.43 Å². The Kier molecular flexibility index (Phi) is 5.32. The fraction of sp³-hybridized carbons (Fsp3) is 0.333. The standard InChI is InChI=1S/C21H23N3O4/c1-2-26-16-6-8-18-15(12-16)13-19(28-18)21(25)23-22-14-17-7-9-20(27-17)24-10-4-3-5-11-24/h6-9,12-14H,2-5,10-11H2,1H3,(H,23,25)/b22-14+. The minimum Gasteiger partial charge on any atom is -0.494 e. The van der Waals surface area contributed by atoms with E-state index in [2.05, 4.69) is 15.4 Å². The van der Waals surface area contributed by atoms with Gasteiger partial charge >= 0.3 is 5.91 Å². The van der Waals surface area contributed by atoms with Gasteiger partial charge in [0, 0.05) is 24.5 Å². The number of hydrogen-bond donors (Lipinski definition) is 1. The van der Waals surface area contributed by atoms with E-state index in [1.807, 2.05) is 31.2 Å². The number of hydrogen-bond acceptors (Lipinski definition) is 6. The van der Waals surface area contributed by atoms with E-state index in [-0.39, 0.29) is 5.76 Å². The van der Waals surface area contributed by atoms with Gasteiger partial charge in [0.1, 0.15) is 17.1 Å². The quantitative estimate of drug-likeness (QED) is 0.512. The van der Waals surface area contributed by atoms with Gasteiger partial charge in [0.25, 0.3) is 0 Å². The molecule has 146 valence electrons. The summed E-state index contributed by atoms with van der Waals surface area (Å²) < 4.78 is 16.8. The molecule has 1 N–H and O–H groups in total. The molecule has 1 saturated heterocycles. The third-order valence-corrected chi connectivity index (χ3v) is 4.66. The highest BCUT2D eigenvalue weighted by Crippen LogP contribution is 2.24. The Morgan fingerprint density at radius 2 is 2.04 bits per heavy atom. The van der Waals surface area contributed by atoms with Crippen molar-refractivity contribution in [3.63, 3.8) is 0 Å². The van der Waals surface area contributed by atoms with Crippen LogP contribution in [0.4, 0.5) is 5.88 Å². The van der Waals surface area contributed by atoms with Gasteiger partial charge < -0.3 is 18.5 Å². The fourth-order valence-corrected chi connectivity index (χ4v) is 3.30. The zero-order valence-corrected chi connectivity index (χ0v) is 15.8. The van der Waals surface area contributed by atoms with Crippen molar-refractivity contribution in [3.8, 4) is 5.75 Å². The summed E-state index contributed by atoms with van der Waals surface area (Å²) in [5, 5.41) is 4.78. The molecule has 1 aromatic carbocycles. The summed E-state index contributed by atoms with van der Waals surface area (Å²) in [5.74, 6) is 1.94. The van der Waals surface area contributed by atoms with Gasteiger partial charge in [-0.1, -0.05) is 0 Å². The summed E-state index contributed by atoms with van der Waals surface area (Å²) >= 11 is 0. The number of carbonyl (C=O) groups excluding carboxylic acids is 1. The van der Waals surface area contributed by atoms with Crippen LogP contribution >= 0.6 is 0 Å². The first-order valence-corrected chi connectivity index (χ1v) is 9.57. The summed E-state index contributed by atoms with van der Waals surface area (Å²) in [5.41, 5.74) is 3.09. The monoisotopic (exact) mass is 381 g/mol. The molecule has 1 aliphatic heterocycles. The van der Waals surface area contributed by atoms with Gasteiger partial charge in [-0.25, -0.2) is 5.43 Å². The SMILES string of the molecule is CCOc1ccc2oc(C(=O)N/N=C/c3ccc(N4CCCCC4)o3)cc2c1. The number of anilines is 1. The van der Waals surface area contributed by atoms with Crippen LogP contribution < -0.4 is 15.1 Å². The molecule has 0 saturated carbocycles. The Labute approximate surface area is 162 Å². The van der Waals surface area contributed by atoms with Gasteiger partial charge in [0.15, 0.2) is 11.6 Å². The number of rotatable bonds is 6. The molecule has 4 rings (SSSR count). The Morgan fingerprint density at radius 1 is 1.18 bits per heavy atom. The molecule has 7 nitrogen and oxygen atoms in total. The largest absolute Gasteiger partial charge is 0.494 e. The molecule has 1 amide bonds. The topological polar surface area (TPSA) is 80.2 Å². The first-order valence-electron chi connectivity index (χ1n) is 9.57. The smallest absolute Gasteiger partial charge is 0.307 e. The van der Waals surface area contributed by atoms with Crippen molar-refractivity contribution in [2.24, 2.45) is 5.10 Å². The van der Waals surface area contributed by atoms with Crippen LogP contribution in [0.3, 0.4) is 0 Å². The molecule has 0 spiro atoms. The minimum atomic E-state index is -0.423. The van der Waals surface area contributed by atoms with E-state index in [1.54, 1.807) is 12.1 Å². The van der Waals surface area contributed by atoms with Crippen LogP contribution in [0.25, 0.3) is 11.0 Å². The zero-order chi connectivity index (χ0) is 19.3. The molecular formula is C21H23N3O4. The number of nitrogens with one attached hydrogen (secondary N) is 1. The van der Waals surface area contributed by atoms with Crippen molar-refractivity contribution in [3.05, 3.63) is 47.9 Å². The number of benzene rings is 1. The van der Waals surface area contributed by atoms with E-state index >= 15 is 0 Å². The molecule has 1 fully saturated rings. The van der Waals surface area contributed by atoms with Crippen molar-refractivity contribution < 1.29 is 18.4 Å². The second-order valence-corrected chi connectivity index (χ2v) is 6.67. The summed E-state index contributed by atoms with van der Waals surface area (Å²) in [6.45, 7) is 4.53. The first kappa shape index (κ1) is 18.2.